The van der Waals surface area contributed by atoms with Crippen LogP contribution in [-0.2, 0) is 24.4 Å². The maximum atomic E-state index is 12.5. The summed E-state index contributed by atoms with van der Waals surface area (Å²) in [4.78, 5) is 15.9. The van der Waals surface area contributed by atoms with Gasteiger partial charge in [-0.15, -0.1) is 0 Å². The smallest absolute Gasteiger partial charge is 0.224 e. The molecule has 4 aromatic rings. The quantitative estimate of drug-likeness (QED) is 0.475. The van der Waals surface area contributed by atoms with Gasteiger partial charge in [0.2, 0.25) is 5.91 Å². The third kappa shape index (κ3) is 4.66. The van der Waals surface area contributed by atoms with Crippen LogP contribution in [0.25, 0.3) is 10.9 Å². The van der Waals surface area contributed by atoms with Gasteiger partial charge in [-0.2, -0.15) is 0 Å². The van der Waals surface area contributed by atoms with Gasteiger partial charge in [-0.1, -0.05) is 60.7 Å². The molecule has 0 bridgehead atoms. The van der Waals surface area contributed by atoms with Crippen molar-refractivity contribution >= 4 is 16.8 Å². The summed E-state index contributed by atoms with van der Waals surface area (Å²) in [7, 11) is 0. The predicted octanol–water partition coefficient (Wildman–Crippen LogP) is 4.91. The molecule has 1 aromatic heterocycles. The number of nitrogens with one attached hydrogen (secondary N) is 2. The van der Waals surface area contributed by atoms with E-state index < -0.39 is 0 Å². The zero-order chi connectivity index (χ0) is 20.1. The highest BCUT2D eigenvalue weighted by Crippen LogP contribution is 2.27. The Morgan fingerprint density at radius 3 is 2.34 bits per heavy atom. The lowest BCUT2D eigenvalue weighted by Crippen LogP contribution is -2.24. The fourth-order valence-corrected chi connectivity index (χ4v) is 3.44. The molecule has 0 saturated heterocycles. The molecule has 4 heteroatoms. The molecule has 146 valence electrons. The van der Waals surface area contributed by atoms with Crippen LogP contribution in [0.15, 0.2) is 78.9 Å². The van der Waals surface area contributed by atoms with Crippen molar-refractivity contribution in [2.75, 3.05) is 0 Å². The van der Waals surface area contributed by atoms with Crippen LogP contribution in [0.4, 0.5) is 0 Å². The average Bonchev–Trinajstić information content (AvgIpc) is 3.07. The number of hydrogen-bond acceptors (Lipinski definition) is 2. The van der Waals surface area contributed by atoms with Gasteiger partial charge in [0.1, 0.15) is 12.4 Å². The average molecular weight is 384 g/mol. The van der Waals surface area contributed by atoms with Gasteiger partial charge in [-0.05, 0) is 41.8 Å². The van der Waals surface area contributed by atoms with Gasteiger partial charge in [0.15, 0.2) is 0 Å². The molecule has 0 saturated carbocycles. The summed E-state index contributed by atoms with van der Waals surface area (Å²) >= 11 is 0. The van der Waals surface area contributed by atoms with Gasteiger partial charge in [0, 0.05) is 23.1 Å². The molecule has 0 spiro atoms. The fraction of sp³-hybridized carbons (Fsp3) is 0.160. The lowest BCUT2D eigenvalue weighted by Gasteiger charge is -2.08. The lowest BCUT2D eigenvalue weighted by atomic mass is 10.1. The van der Waals surface area contributed by atoms with Crippen LogP contribution in [0.2, 0.25) is 0 Å². The monoisotopic (exact) mass is 384 g/mol. The highest BCUT2D eigenvalue weighted by atomic mass is 16.5. The summed E-state index contributed by atoms with van der Waals surface area (Å²) in [6.45, 7) is 3.06. The van der Waals surface area contributed by atoms with E-state index in [9.17, 15) is 4.79 Å². The number of benzene rings is 3. The van der Waals surface area contributed by atoms with Crippen molar-refractivity contribution in [2.45, 2.75) is 26.5 Å². The third-order valence-electron chi connectivity index (χ3n) is 5.01. The summed E-state index contributed by atoms with van der Waals surface area (Å²) in [5.41, 5.74) is 5.25. The molecule has 0 fully saturated rings. The van der Waals surface area contributed by atoms with Crippen molar-refractivity contribution in [2.24, 2.45) is 0 Å². The van der Waals surface area contributed by atoms with Crippen molar-refractivity contribution in [3.8, 4) is 5.75 Å². The van der Waals surface area contributed by atoms with Gasteiger partial charge in [0.05, 0.1) is 6.42 Å². The van der Waals surface area contributed by atoms with Crippen LogP contribution in [-0.4, -0.2) is 10.9 Å². The van der Waals surface area contributed by atoms with E-state index in [0.29, 0.717) is 19.6 Å². The topological polar surface area (TPSA) is 54.1 Å². The van der Waals surface area contributed by atoms with Gasteiger partial charge in [-0.3, -0.25) is 4.79 Å². The van der Waals surface area contributed by atoms with Crippen LogP contribution in [0.1, 0.15) is 22.4 Å². The molecule has 4 rings (SSSR count). The largest absolute Gasteiger partial charge is 0.489 e. The SMILES string of the molecule is Cc1[nH]c2ccc(OCc3ccccc3)cc2c1CC(=O)NCc1ccccc1. The van der Waals surface area contributed by atoms with Crippen molar-refractivity contribution in [1.29, 1.82) is 0 Å². The number of hydrogen-bond donors (Lipinski definition) is 2. The Labute approximate surface area is 170 Å². The summed E-state index contributed by atoms with van der Waals surface area (Å²) in [5, 5.41) is 4.04. The van der Waals surface area contributed by atoms with E-state index in [1.807, 2.05) is 85.8 Å². The minimum absolute atomic E-state index is 0.00783. The molecule has 1 heterocycles. The molecule has 4 nitrogen and oxygen atoms in total. The normalized spacial score (nSPS) is 10.8. The number of carbonyl (C=O) groups excluding carboxylic acids is 1. The summed E-state index contributed by atoms with van der Waals surface area (Å²) in [5.74, 6) is 0.805. The first-order chi connectivity index (χ1) is 14.2. The molecule has 29 heavy (non-hydrogen) atoms. The van der Waals surface area contributed by atoms with Gasteiger partial charge < -0.3 is 15.0 Å². The molecular formula is C25H24N2O2. The van der Waals surface area contributed by atoms with E-state index in [0.717, 1.165) is 39.0 Å². The van der Waals surface area contributed by atoms with Crippen LogP contribution in [0, 0.1) is 6.92 Å². The molecule has 0 atom stereocenters. The number of aryl methyl sites for hydroxylation is 1. The third-order valence-corrected chi connectivity index (χ3v) is 5.01. The Hall–Kier alpha value is -3.53. The maximum Gasteiger partial charge on any atom is 0.224 e. The van der Waals surface area contributed by atoms with Crippen molar-refractivity contribution in [1.82, 2.24) is 10.3 Å². The highest BCUT2D eigenvalue weighted by molar-refractivity contribution is 5.91. The Kier molecular flexibility index (Phi) is 5.61. The lowest BCUT2D eigenvalue weighted by molar-refractivity contribution is -0.120. The summed E-state index contributed by atoms with van der Waals surface area (Å²) in [6, 6.07) is 26.0. The second kappa shape index (κ2) is 8.65. The van der Waals surface area contributed by atoms with Crippen LogP contribution >= 0.6 is 0 Å². The summed E-state index contributed by atoms with van der Waals surface area (Å²) < 4.78 is 5.96. The van der Waals surface area contributed by atoms with E-state index >= 15 is 0 Å². The van der Waals surface area contributed by atoms with E-state index in [-0.39, 0.29) is 5.91 Å². The van der Waals surface area contributed by atoms with Crippen molar-refractivity contribution in [3.63, 3.8) is 0 Å². The van der Waals surface area contributed by atoms with Gasteiger partial charge in [0.25, 0.3) is 0 Å². The van der Waals surface area contributed by atoms with Gasteiger partial charge in [-0.25, -0.2) is 0 Å². The predicted molar refractivity (Wildman–Crippen MR) is 116 cm³/mol. The van der Waals surface area contributed by atoms with E-state index in [4.69, 9.17) is 4.74 Å². The minimum atomic E-state index is 0.00783. The van der Waals surface area contributed by atoms with Crippen LogP contribution in [0.3, 0.4) is 0 Å². The Balaban J connectivity index is 1.46. The van der Waals surface area contributed by atoms with Gasteiger partial charge >= 0.3 is 0 Å². The van der Waals surface area contributed by atoms with Crippen molar-refractivity contribution in [3.05, 3.63) is 101 Å². The van der Waals surface area contributed by atoms with E-state index in [1.54, 1.807) is 0 Å². The first kappa shape index (κ1) is 18.8. The molecule has 0 unspecified atom stereocenters. The number of fused-ring (bicyclic) bond motifs is 1. The molecule has 3 aromatic carbocycles. The van der Waals surface area contributed by atoms with E-state index in [2.05, 4.69) is 10.3 Å². The zero-order valence-electron chi connectivity index (χ0n) is 16.4. The number of carbonyl (C=O) groups is 1. The Morgan fingerprint density at radius 2 is 1.62 bits per heavy atom. The number of aromatic amines is 1. The second-order valence-corrected chi connectivity index (χ2v) is 7.15. The number of amides is 1. The number of ether oxygens (including phenoxy) is 1. The summed E-state index contributed by atoms with van der Waals surface area (Å²) in [6.07, 6.45) is 0.334. The fourth-order valence-electron chi connectivity index (χ4n) is 3.44. The van der Waals surface area contributed by atoms with Crippen LogP contribution in [0.5, 0.6) is 5.75 Å². The molecule has 0 aliphatic rings. The number of aromatic nitrogens is 1. The molecule has 1 amide bonds. The van der Waals surface area contributed by atoms with Crippen LogP contribution < -0.4 is 10.1 Å². The number of rotatable bonds is 7. The van der Waals surface area contributed by atoms with Crippen molar-refractivity contribution < 1.29 is 9.53 Å². The molecule has 2 N–H and O–H groups in total. The number of H-pyrrole nitrogens is 1. The molecule has 0 radical (unpaired) electrons. The van der Waals surface area contributed by atoms with E-state index in [1.165, 1.54) is 0 Å². The second-order valence-electron chi connectivity index (χ2n) is 7.15. The minimum Gasteiger partial charge on any atom is -0.489 e. The Morgan fingerprint density at radius 1 is 0.931 bits per heavy atom. The zero-order valence-corrected chi connectivity index (χ0v) is 16.4. The highest BCUT2D eigenvalue weighted by Gasteiger charge is 2.13. The first-order valence-corrected chi connectivity index (χ1v) is 9.77. The molecular weight excluding hydrogens is 360 g/mol. The maximum absolute atomic E-state index is 12.5. The first-order valence-electron chi connectivity index (χ1n) is 9.77. The standard InChI is InChI=1S/C25H24N2O2/c1-18-22(15-25(28)26-16-19-8-4-2-5-9-19)23-14-21(12-13-24(23)27-18)29-17-20-10-6-3-7-11-20/h2-14,27H,15-17H2,1H3,(H,26,28). The Bertz CT molecular complexity index is 1100. The molecule has 0 aliphatic carbocycles. The molecule has 0 aliphatic heterocycles.